The predicted molar refractivity (Wildman–Crippen MR) is 74.3 cm³/mol. The van der Waals surface area contributed by atoms with Crippen LogP contribution in [0.1, 0.15) is 51.4 Å². The van der Waals surface area contributed by atoms with Gasteiger partial charge in [-0.05, 0) is 19.4 Å². The first-order chi connectivity index (χ1) is 8.34. The van der Waals surface area contributed by atoms with Crippen molar-refractivity contribution in [2.75, 3.05) is 19.6 Å². The van der Waals surface area contributed by atoms with Crippen LogP contribution in [-0.4, -0.2) is 31.5 Å². The normalized spacial score (nSPS) is 16.7. The van der Waals surface area contributed by atoms with Gasteiger partial charge in [-0.25, -0.2) is 0 Å². The molecule has 0 radical (unpaired) electrons. The monoisotopic (exact) mass is 240 g/mol. The third-order valence-corrected chi connectivity index (χ3v) is 3.27. The largest absolute Gasteiger partial charge is 0.371 e. The highest BCUT2D eigenvalue weighted by atomic mass is 15.1. The molecule has 4 heteroatoms. The van der Waals surface area contributed by atoms with E-state index in [1.165, 1.54) is 44.9 Å². The van der Waals surface area contributed by atoms with E-state index in [-0.39, 0.29) is 6.04 Å². The molecule has 0 aromatic rings. The molecule has 0 aromatic heterocycles. The lowest BCUT2D eigenvalue weighted by Gasteiger charge is -2.11. The number of nitrogens with zero attached hydrogens (tertiary/aromatic N) is 1. The number of amidine groups is 1. The fraction of sp³-hybridized carbons (Fsp3) is 0.923. The number of nitrogens with one attached hydrogen (secondary N) is 1. The van der Waals surface area contributed by atoms with E-state index < -0.39 is 0 Å². The fourth-order valence-corrected chi connectivity index (χ4v) is 2.19. The van der Waals surface area contributed by atoms with Gasteiger partial charge in [-0.15, -0.1) is 0 Å². The van der Waals surface area contributed by atoms with Crippen LogP contribution in [0.4, 0.5) is 0 Å². The molecule has 1 atom stereocenters. The Morgan fingerprint density at radius 2 is 1.71 bits per heavy atom. The maximum absolute atomic E-state index is 6.05. The van der Waals surface area contributed by atoms with Gasteiger partial charge in [0.05, 0.1) is 12.6 Å². The van der Waals surface area contributed by atoms with Crippen molar-refractivity contribution < 1.29 is 0 Å². The Kier molecular flexibility index (Phi) is 8.01. The minimum atomic E-state index is 0.134. The molecular formula is C13H28N4. The first-order valence-electron chi connectivity index (χ1n) is 7.08. The van der Waals surface area contributed by atoms with Gasteiger partial charge in [-0.2, -0.15) is 0 Å². The first-order valence-corrected chi connectivity index (χ1v) is 7.08. The summed E-state index contributed by atoms with van der Waals surface area (Å²) in [6.07, 6.45) is 10.0. The molecule has 1 rings (SSSR count). The number of unbranched alkanes of at least 4 members (excludes halogenated alkanes) is 6. The highest BCUT2D eigenvalue weighted by Crippen LogP contribution is 2.09. The van der Waals surface area contributed by atoms with Crippen molar-refractivity contribution in [3.63, 3.8) is 0 Å². The summed E-state index contributed by atoms with van der Waals surface area (Å²) in [4.78, 5) is 4.35. The Morgan fingerprint density at radius 3 is 2.29 bits per heavy atom. The lowest BCUT2D eigenvalue weighted by atomic mass is 10.0. The molecule has 1 aliphatic rings. The number of nitrogens with two attached hydrogens (primary N) is 2. The Morgan fingerprint density at radius 1 is 1.06 bits per heavy atom. The van der Waals surface area contributed by atoms with Gasteiger partial charge in [0.1, 0.15) is 5.84 Å². The quantitative estimate of drug-likeness (QED) is 0.505. The van der Waals surface area contributed by atoms with Crippen LogP contribution >= 0.6 is 0 Å². The van der Waals surface area contributed by atoms with Gasteiger partial charge in [-0.3, -0.25) is 4.99 Å². The summed E-state index contributed by atoms with van der Waals surface area (Å²) in [7, 11) is 0. The van der Waals surface area contributed by atoms with Crippen molar-refractivity contribution in [3.8, 4) is 0 Å². The second-order valence-electron chi connectivity index (χ2n) is 4.85. The second kappa shape index (κ2) is 9.42. The number of aliphatic imine (C=N–C) groups is 1. The highest BCUT2D eigenvalue weighted by Gasteiger charge is 2.13. The minimum Gasteiger partial charge on any atom is -0.371 e. The second-order valence-corrected chi connectivity index (χ2v) is 4.85. The average Bonchev–Trinajstić information content (AvgIpc) is 2.86. The third-order valence-electron chi connectivity index (χ3n) is 3.27. The molecule has 0 amide bonds. The molecule has 17 heavy (non-hydrogen) atoms. The lowest BCUT2D eigenvalue weighted by Crippen LogP contribution is -2.37. The van der Waals surface area contributed by atoms with Gasteiger partial charge in [0.25, 0.3) is 0 Å². The van der Waals surface area contributed by atoms with E-state index in [0.29, 0.717) is 0 Å². The summed E-state index contributed by atoms with van der Waals surface area (Å²) >= 11 is 0. The molecule has 0 spiro atoms. The zero-order valence-corrected chi connectivity index (χ0v) is 11.0. The van der Waals surface area contributed by atoms with E-state index in [9.17, 15) is 0 Å². The topological polar surface area (TPSA) is 76.4 Å². The van der Waals surface area contributed by atoms with Gasteiger partial charge in [0.2, 0.25) is 0 Å². The summed E-state index contributed by atoms with van der Waals surface area (Å²) in [6.45, 7) is 2.69. The van der Waals surface area contributed by atoms with E-state index in [0.717, 1.165) is 31.9 Å². The lowest BCUT2D eigenvalue weighted by molar-refractivity contribution is 0.560. The van der Waals surface area contributed by atoms with Crippen LogP contribution in [-0.2, 0) is 0 Å². The van der Waals surface area contributed by atoms with Gasteiger partial charge in [0.15, 0.2) is 0 Å². The summed E-state index contributed by atoms with van der Waals surface area (Å²) in [5.41, 5.74) is 11.5. The summed E-state index contributed by atoms with van der Waals surface area (Å²) in [6, 6.07) is 0.134. The van der Waals surface area contributed by atoms with Gasteiger partial charge in [-0.1, -0.05) is 38.5 Å². The van der Waals surface area contributed by atoms with Crippen molar-refractivity contribution in [2.24, 2.45) is 16.5 Å². The van der Waals surface area contributed by atoms with E-state index in [4.69, 9.17) is 11.5 Å². The van der Waals surface area contributed by atoms with Gasteiger partial charge >= 0.3 is 0 Å². The van der Waals surface area contributed by atoms with E-state index in [1.54, 1.807) is 0 Å². The molecule has 0 fully saturated rings. The van der Waals surface area contributed by atoms with Crippen molar-refractivity contribution in [2.45, 2.75) is 57.4 Å². The Bertz CT molecular complexity index is 215. The molecule has 1 unspecified atom stereocenters. The molecule has 0 saturated carbocycles. The van der Waals surface area contributed by atoms with E-state index >= 15 is 0 Å². The van der Waals surface area contributed by atoms with Gasteiger partial charge in [0, 0.05) is 6.54 Å². The smallest absolute Gasteiger partial charge is 0.113 e. The summed E-state index contributed by atoms with van der Waals surface area (Å²) < 4.78 is 0. The van der Waals surface area contributed by atoms with Crippen LogP contribution in [0.2, 0.25) is 0 Å². The molecule has 100 valence electrons. The number of hydrogen-bond acceptors (Lipinski definition) is 4. The third kappa shape index (κ3) is 6.64. The first kappa shape index (κ1) is 14.5. The van der Waals surface area contributed by atoms with E-state index in [1.807, 2.05) is 0 Å². The van der Waals surface area contributed by atoms with Crippen molar-refractivity contribution in [1.29, 1.82) is 0 Å². The summed E-state index contributed by atoms with van der Waals surface area (Å²) in [5, 5.41) is 3.24. The molecule has 5 N–H and O–H groups in total. The minimum absolute atomic E-state index is 0.134. The summed E-state index contributed by atoms with van der Waals surface area (Å²) in [5.74, 6) is 1.02. The molecule has 0 saturated heterocycles. The zero-order valence-electron chi connectivity index (χ0n) is 11.0. The van der Waals surface area contributed by atoms with Crippen LogP contribution in [0.25, 0.3) is 0 Å². The standard InChI is InChI=1S/C13H28N4/c14-9-7-5-3-1-2-4-6-8-12(15)13-16-10-11-17-13/h12H,1-11,14-15H2,(H,16,17). The highest BCUT2D eigenvalue weighted by molar-refractivity contribution is 5.88. The molecule has 1 heterocycles. The molecule has 0 bridgehead atoms. The van der Waals surface area contributed by atoms with Crippen molar-refractivity contribution in [1.82, 2.24) is 5.32 Å². The fourth-order valence-electron chi connectivity index (χ4n) is 2.19. The number of rotatable bonds is 10. The number of hydrogen-bond donors (Lipinski definition) is 3. The Balaban J connectivity index is 1.86. The van der Waals surface area contributed by atoms with Crippen LogP contribution in [0.15, 0.2) is 4.99 Å². The van der Waals surface area contributed by atoms with E-state index in [2.05, 4.69) is 10.3 Å². The van der Waals surface area contributed by atoms with Crippen LogP contribution < -0.4 is 16.8 Å². The van der Waals surface area contributed by atoms with Crippen LogP contribution in [0.5, 0.6) is 0 Å². The predicted octanol–water partition coefficient (Wildman–Crippen LogP) is 1.39. The molecule has 1 aliphatic heterocycles. The molecule has 0 aromatic carbocycles. The zero-order chi connectivity index (χ0) is 12.3. The maximum Gasteiger partial charge on any atom is 0.113 e. The van der Waals surface area contributed by atoms with Crippen molar-refractivity contribution >= 4 is 5.84 Å². The Hall–Kier alpha value is -0.610. The van der Waals surface area contributed by atoms with Crippen molar-refractivity contribution in [3.05, 3.63) is 0 Å². The Labute approximate surface area is 105 Å². The molecule has 4 nitrogen and oxygen atoms in total. The van der Waals surface area contributed by atoms with Crippen LogP contribution in [0, 0.1) is 0 Å². The average molecular weight is 240 g/mol. The SMILES string of the molecule is NCCCCCCCCCC(N)C1=NCCN1. The maximum atomic E-state index is 6.05. The molecular weight excluding hydrogens is 212 g/mol. The molecule has 0 aliphatic carbocycles. The van der Waals surface area contributed by atoms with Gasteiger partial charge < -0.3 is 16.8 Å². The van der Waals surface area contributed by atoms with Crippen LogP contribution in [0.3, 0.4) is 0 Å².